The molecule has 1 amide bonds. The smallest absolute Gasteiger partial charge is 0.326 e. The average Bonchev–Trinajstić information content (AvgIpc) is 2.86. The molecule has 0 unspecified atom stereocenters. The van der Waals surface area contributed by atoms with Crippen LogP contribution in [0.2, 0.25) is 0 Å². The molecule has 1 aromatic rings. The summed E-state index contributed by atoms with van der Waals surface area (Å²) in [5.74, 6) is -1.05. The van der Waals surface area contributed by atoms with Gasteiger partial charge in [-0.05, 0) is 19.8 Å². The molecule has 1 atom stereocenters. The van der Waals surface area contributed by atoms with Crippen LogP contribution < -0.4 is 0 Å². The summed E-state index contributed by atoms with van der Waals surface area (Å²) in [5, 5.41) is 11.8. The zero-order valence-corrected chi connectivity index (χ0v) is 10.4. The second-order valence-corrected chi connectivity index (χ2v) is 5.18. The molecule has 1 saturated heterocycles. The number of aryl methyl sites for hydroxylation is 1. The van der Waals surface area contributed by atoms with E-state index in [9.17, 15) is 9.59 Å². The van der Waals surface area contributed by atoms with Crippen LogP contribution in [0.5, 0.6) is 0 Å². The number of carboxylic acids is 1. The maximum Gasteiger partial charge on any atom is 0.326 e. The number of thiazole rings is 1. The summed E-state index contributed by atoms with van der Waals surface area (Å²) < 4.78 is 0. The van der Waals surface area contributed by atoms with E-state index in [1.165, 1.54) is 16.2 Å². The summed E-state index contributed by atoms with van der Waals surface area (Å²) in [4.78, 5) is 28.6. The zero-order valence-electron chi connectivity index (χ0n) is 9.55. The second kappa shape index (κ2) is 4.83. The third-order valence-corrected chi connectivity index (χ3v) is 3.68. The molecule has 1 aromatic heterocycles. The highest BCUT2D eigenvalue weighted by Crippen LogP contribution is 2.19. The van der Waals surface area contributed by atoms with E-state index in [-0.39, 0.29) is 12.3 Å². The highest BCUT2D eigenvalue weighted by Gasteiger charge is 2.33. The van der Waals surface area contributed by atoms with Crippen molar-refractivity contribution >= 4 is 23.2 Å². The minimum Gasteiger partial charge on any atom is -0.480 e. The van der Waals surface area contributed by atoms with Crippen molar-refractivity contribution in [3.05, 3.63) is 16.1 Å². The monoisotopic (exact) mass is 254 g/mol. The van der Waals surface area contributed by atoms with Crippen molar-refractivity contribution in [2.75, 3.05) is 6.54 Å². The number of amides is 1. The Bertz CT molecular complexity index is 444. The Morgan fingerprint density at radius 3 is 3.00 bits per heavy atom. The van der Waals surface area contributed by atoms with E-state index < -0.39 is 12.0 Å². The fraction of sp³-hybridized carbons (Fsp3) is 0.545. The van der Waals surface area contributed by atoms with Crippen molar-refractivity contribution in [1.82, 2.24) is 9.88 Å². The van der Waals surface area contributed by atoms with E-state index in [0.29, 0.717) is 13.0 Å². The lowest BCUT2D eigenvalue weighted by molar-refractivity contribution is -0.148. The molecule has 2 rings (SSSR count). The van der Waals surface area contributed by atoms with Crippen LogP contribution in [-0.4, -0.2) is 39.5 Å². The summed E-state index contributed by atoms with van der Waals surface area (Å²) in [7, 11) is 0. The number of rotatable bonds is 3. The molecule has 0 aliphatic carbocycles. The van der Waals surface area contributed by atoms with Gasteiger partial charge < -0.3 is 10.0 Å². The predicted octanol–water partition coefficient (Wildman–Crippen LogP) is 1.07. The van der Waals surface area contributed by atoms with Gasteiger partial charge in [0.25, 0.3) is 0 Å². The summed E-state index contributed by atoms with van der Waals surface area (Å²) in [6.45, 7) is 2.42. The fourth-order valence-corrected chi connectivity index (χ4v) is 2.68. The van der Waals surface area contributed by atoms with Gasteiger partial charge in [0.15, 0.2) is 0 Å². The predicted molar refractivity (Wildman–Crippen MR) is 62.9 cm³/mol. The third-order valence-electron chi connectivity index (χ3n) is 2.86. The standard InChI is InChI=1S/C11H14N2O3S/c1-7-12-8(6-17-7)5-10(14)13-4-2-3-9(13)11(15)16/h6,9H,2-5H2,1H3,(H,15,16)/t9-/m0/s1. The van der Waals surface area contributed by atoms with Gasteiger partial charge in [0.05, 0.1) is 17.1 Å². The summed E-state index contributed by atoms with van der Waals surface area (Å²) in [6, 6.07) is -0.651. The van der Waals surface area contributed by atoms with Gasteiger partial charge in [-0.15, -0.1) is 11.3 Å². The van der Waals surface area contributed by atoms with Crippen molar-refractivity contribution in [2.45, 2.75) is 32.2 Å². The number of carboxylic acid groups (broad SMARTS) is 1. The molecule has 0 bridgehead atoms. The molecule has 6 heteroatoms. The van der Waals surface area contributed by atoms with Gasteiger partial charge in [-0.25, -0.2) is 9.78 Å². The van der Waals surface area contributed by atoms with E-state index in [1.807, 2.05) is 12.3 Å². The Labute approximate surface area is 103 Å². The Morgan fingerprint density at radius 1 is 1.65 bits per heavy atom. The maximum absolute atomic E-state index is 12.0. The van der Waals surface area contributed by atoms with E-state index in [4.69, 9.17) is 5.11 Å². The largest absolute Gasteiger partial charge is 0.480 e. The third kappa shape index (κ3) is 2.63. The van der Waals surface area contributed by atoms with Crippen molar-refractivity contribution in [3.63, 3.8) is 0 Å². The number of hydrogen-bond donors (Lipinski definition) is 1. The Kier molecular flexibility index (Phi) is 3.42. The molecule has 2 heterocycles. The van der Waals surface area contributed by atoms with Crippen LogP contribution >= 0.6 is 11.3 Å². The highest BCUT2D eigenvalue weighted by molar-refractivity contribution is 7.09. The second-order valence-electron chi connectivity index (χ2n) is 4.12. The first kappa shape index (κ1) is 12.0. The first-order chi connectivity index (χ1) is 8.08. The van der Waals surface area contributed by atoms with Crippen LogP contribution in [0.3, 0.4) is 0 Å². The van der Waals surface area contributed by atoms with Crippen molar-refractivity contribution in [1.29, 1.82) is 0 Å². The van der Waals surface area contributed by atoms with E-state index in [2.05, 4.69) is 4.98 Å². The van der Waals surface area contributed by atoms with Gasteiger partial charge in [0.2, 0.25) is 5.91 Å². The molecule has 92 valence electrons. The van der Waals surface area contributed by atoms with Crippen LogP contribution in [-0.2, 0) is 16.0 Å². The van der Waals surface area contributed by atoms with Crippen molar-refractivity contribution < 1.29 is 14.7 Å². The van der Waals surface area contributed by atoms with E-state index in [0.717, 1.165) is 17.1 Å². The number of likely N-dealkylation sites (tertiary alicyclic amines) is 1. The lowest BCUT2D eigenvalue weighted by Gasteiger charge is -2.20. The zero-order chi connectivity index (χ0) is 12.4. The molecule has 1 N–H and O–H groups in total. The molecular formula is C11H14N2O3S. The van der Waals surface area contributed by atoms with Crippen molar-refractivity contribution in [2.24, 2.45) is 0 Å². The van der Waals surface area contributed by atoms with E-state index >= 15 is 0 Å². The Morgan fingerprint density at radius 2 is 2.41 bits per heavy atom. The molecule has 0 aromatic carbocycles. The van der Waals surface area contributed by atoms with Gasteiger partial charge in [-0.2, -0.15) is 0 Å². The number of carbonyl (C=O) groups excluding carboxylic acids is 1. The lowest BCUT2D eigenvalue weighted by Crippen LogP contribution is -2.41. The molecule has 0 saturated carbocycles. The van der Waals surface area contributed by atoms with Gasteiger partial charge in [0.1, 0.15) is 6.04 Å². The van der Waals surface area contributed by atoms with Crippen LogP contribution in [0.15, 0.2) is 5.38 Å². The summed E-state index contributed by atoms with van der Waals surface area (Å²) in [5.41, 5.74) is 0.730. The van der Waals surface area contributed by atoms with E-state index in [1.54, 1.807) is 0 Å². The molecule has 1 fully saturated rings. The number of nitrogens with zero attached hydrogens (tertiary/aromatic N) is 2. The highest BCUT2D eigenvalue weighted by atomic mass is 32.1. The lowest BCUT2D eigenvalue weighted by atomic mass is 10.2. The molecule has 0 radical (unpaired) electrons. The molecule has 5 nitrogen and oxygen atoms in total. The molecular weight excluding hydrogens is 240 g/mol. The molecule has 17 heavy (non-hydrogen) atoms. The topological polar surface area (TPSA) is 70.5 Å². The maximum atomic E-state index is 12.0. The molecule has 1 aliphatic rings. The van der Waals surface area contributed by atoms with Gasteiger partial charge in [-0.3, -0.25) is 4.79 Å². The Balaban J connectivity index is 2.02. The number of aliphatic carboxylic acids is 1. The van der Waals surface area contributed by atoms with Crippen LogP contribution in [0.25, 0.3) is 0 Å². The number of aromatic nitrogens is 1. The Hall–Kier alpha value is -1.43. The number of hydrogen-bond acceptors (Lipinski definition) is 4. The van der Waals surface area contributed by atoms with Gasteiger partial charge in [0, 0.05) is 11.9 Å². The number of carbonyl (C=O) groups is 2. The molecule has 0 spiro atoms. The quantitative estimate of drug-likeness (QED) is 0.876. The minimum atomic E-state index is -0.912. The fourth-order valence-electron chi connectivity index (χ4n) is 2.07. The van der Waals surface area contributed by atoms with Crippen LogP contribution in [0.1, 0.15) is 23.5 Å². The SMILES string of the molecule is Cc1nc(CC(=O)N2CCC[C@H]2C(=O)O)cs1. The first-order valence-electron chi connectivity index (χ1n) is 5.51. The molecule has 1 aliphatic heterocycles. The van der Waals surface area contributed by atoms with Crippen LogP contribution in [0.4, 0.5) is 0 Å². The normalized spacial score (nSPS) is 19.6. The summed E-state index contributed by atoms with van der Waals surface area (Å²) >= 11 is 1.50. The van der Waals surface area contributed by atoms with Gasteiger partial charge >= 0.3 is 5.97 Å². The van der Waals surface area contributed by atoms with Gasteiger partial charge in [-0.1, -0.05) is 0 Å². The minimum absolute atomic E-state index is 0.139. The van der Waals surface area contributed by atoms with Crippen molar-refractivity contribution in [3.8, 4) is 0 Å². The first-order valence-corrected chi connectivity index (χ1v) is 6.39. The van der Waals surface area contributed by atoms with Crippen LogP contribution in [0, 0.1) is 6.92 Å². The average molecular weight is 254 g/mol. The summed E-state index contributed by atoms with van der Waals surface area (Å²) in [6.07, 6.45) is 1.52.